The Kier molecular flexibility index (Phi) is 8.30. The van der Waals surface area contributed by atoms with Gasteiger partial charge in [-0.15, -0.1) is 0 Å². The van der Waals surface area contributed by atoms with Gasteiger partial charge in [-0.2, -0.15) is 0 Å². The van der Waals surface area contributed by atoms with Crippen LogP contribution in [-0.2, 0) is 19.6 Å². The SMILES string of the molecule is CC(C)OCCCNC(=O)C[C@@H](NS(C)(=O)=O)c1ccc(F)cc1. The average molecular weight is 360 g/mol. The molecule has 1 aromatic carbocycles. The zero-order valence-corrected chi connectivity index (χ0v) is 15.0. The maximum atomic E-state index is 13.0. The quantitative estimate of drug-likeness (QED) is 0.623. The van der Waals surface area contributed by atoms with Crippen LogP contribution < -0.4 is 10.0 Å². The molecule has 0 radical (unpaired) electrons. The predicted octanol–water partition coefficient (Wildman–Crippen LogP) is 1.74. The van der Waals surface area contributed by atoms with Gasteiger partial charge in [0, 0.05) is 19.6 Å². The summed E-state index contributed by atoms with van der Waals surface area (Å²) in [5.74, 6) is -0.712. The lowest BCUT2D eigenvalue weighted by molar-refractivity contribution is -0.121. The number of carbonyl (C=O) groups excluding carboxylic acids is 1. The van der Waals surface area contributed by atoms with Gasteiger partial charge in [-0.3, -0.25) is 4.79 Å². The highest BCUT2D eigenvalue weighted by atomic mass is 32.2. The summed E-state index contributed by atoms with van der Waals surface area (Å²) in [4.78, 5) is 12.0. The Bertz CT molecular complexity index is 617. The van der Waals surface area contributed by atoms with E-state index in [0.717, 1.165) is 6.26 Å². The Morgan fingerprint density at radius 2 is 1.88 bits per heavy atom. The second-order valence-electron chi connectivity index (χ2n) is 5.82. The number of amides is 1. The molecule has 2 N–H and O–H groups in total. The summed E-state index contributed by atoms with van der Waals surface area (Å²) in [5, 5.41) is 2.73. The van der Waals surface area contributed by atoms with Gasteiger partial charge in [0.25, 0.3) is 0 Å². The van der Waals surface area contributed by atoms with E-state index in [1.165, 1.54) is 24.3 Å². The van der Waals surface area contributed by atoms with Crippen molar-refractivity contribution < 1.29 is 22.3 Å². The summed E-state index contributed by atoms with van der Waals surface area (Å²) in [6.07, 6.45) is 1.77. The molecular weight excluding hydrogens is 335 g/mol. The summed E-state index contributed by atoms with van der Waals surface area (Å²) in [5.41, 5.74) is 0.528. The number of nitrogens with one attached hydrogen (secondary N) is 2. The van der Waals surface area contributed by atoms with Crippen LogP contribution in [0.1, 0.15) is 38.3 Å². The number of hydrogen-bond acceptors (Lipinski definition) is 4. The molecule has 0 bridgehead atoms. The number of benzene rings is 1. The molecule has 0 aliphatic heterocycles. The minimum atomic E-state index is -3.51. The zero-order valence-electron chi connectivity index (χ0n) is 14.2. The van der Waals surface area contributed by atoms with Crippen LogP contribution >= 0.6 is 0 Å². The molecule has 0 aliphatic rings. The minimum Gasteiger partial charge on any atom is -0.379 e. The van der Waals surface area contributed by atoms with E-state index in [1.54, 1.807) is 0 Å². The number of sulfonamides is 1. The lowest BCUT2D eigenvalue weighted by atomic mass is 10.0. The molecule has 0 aromatic heterocycles. The summed E-state index contributed by atoms with van der Waals surface area (Å²) in [6, 6.07) is 4.64. The first-order valence-electron chi connectivity index (χ1n) is 7.78. The van der Waals surface area contributed by atoms with E-state index in [2.05, 4.69) is 10.0 Å². The monoisotopic (exact) mass is 360 g/mol. The van der Waals surface area contributed by atoms with E-state index in [-0.39, 0.29) is 18.4 Å². The van der Waals surface area contributed by atoms with Crippen LogP contribution in [0.5, 0.6) is 0 Å². The van der Waals surface area contributed by atoms with Gasteiger partial charge in [0.15, 0.2) is 0 Å². The van der Waals surface area contributed by atoms with Crippen LogP contribution in [-0.4, -0.2) is 39.8 Å². The molecule has 0 fully saturated rings. The molecule has 1 amide bonds. The normalized spacial score (nSPS) is 13.0. The largest absolute Gasteiger partial charge is 0.379 e. The Balaban J connectivity index is 2.58. The summed E-state index contributed by atoms with van der Waals surface area (Å²) >= 11 is 0. The van der Waals surface area contributed by atoms with E-state index in [4.69, 9.17) is 4.74 Å². The van der Waals surface area contributed by atoms with Crippen LogP contribution in [0.15, 0.2) is 24.3 Å². The topological polar surface area (TPSA) is 84.5 Å². The van der Waals surface area contributed by atoms with Crippen molar-refractivity contribution in [1.82, 2.24) is 10.0 Å². The number of ether oxygens (including phenoxy) is 1. The fourth-order valence-electron chi connectivity index (χ4n) is 2.06. The molecule has 1 atom stereocenters. The van der Waals surface area contributed by atoms with Crippen LogP contribution in [0.3, 0.4) is 0 Å². The first-order valence-corrected chi connectivity index (χ1v) is 9.67. The van der Waals surface area contributed by atoms with E-state index in [0.29, 0.717) is 25.1 Å². The van der Waals surface area contributed by atoms with Crippen LogP contribution in [0.2, 0.25) is 0 Å². The fraction of sp³-hybridized carbons (Fsp3) is 0.562. The predicted molar refractivity (Wildman–Crippen MR) is 90.5 cm³/mol. The van der Waals surface area contributed by atoms with E-state index in [9.17, 15) is 17.6 Å². The van der Waals surface area contributed by atoms with Crippen molar-refractivity contribution in [1.29, 1.82) is 0 Å². The Labute approximate surface area is 142 Å². The zero-order chi connectivity index (χ0) is 18.2. The number of hydrogen-bond donors (Lipinski definition) is 2. The molecule has 0 unspecified atom stereocenters. The van der Waals surface area contributed by atoms with Crippen molar-refractivity contribution in [3.8, 4) is 0 Å². The van der Waals surface area contributed by atoms with Gasteiger partial charge in [-0.05, 0) is 38.0 Å². The van der Waals surface area contributed by atoms with Gasteiger partial charge < -0.3 is 10.1 Å². The van der Waals surface area contributed by atoms with E-state index >= 15 is 0 Å². The van der Waals surface area contributed by atoms with Gasteiger partial charge in [0.05, 0.1) is 18.4 Å². The molecule has 24 heavy (non-hydrogen) atoms. The molecule has 0 saturated heterocycles. The van der Waals surface area contributed by atoms with E-state index in [1.807, 2.05) is 13.8 Å². The van der Waals surface area contributed by atoms with Crippen molar-refractivity contribution in [3.63, 3.8) is 0 Å². The molecule has 136 valence electrons. The maximum Gasteiger partial charge on any atom is 0.221 e. The molecule has 0 heterocycles. The highest BCUT2D eigenvalue weighted by Crippen LogP contribution is 2.18. The molecule has 0 spiro atoms. The van der Waals surface area contributed by atoms with Crippen molar-refractivity contribution >= 4 is 15.9 Å². The van der Waals surface area contributed by atoms with E-state index < -0.39 is 21.9 Å². The minimum absolute atomic E-state index is 0.0657. The smallest absolute Gasteiger partial charge is 0.221 e. The van der Waals surface area contributed by atoms with Gasteiger partial charge in [0.2, 0.25) is 15.9 Å². The molecule has 0 aliphatic carbocycles. The number of rotatable bonds is 10. The molecular formula is C16H25FN2O4S. The summed E-state index contributed by atoms with van der Waals surface area (Å²) in [7, 11) is -3.51. The molecule has 0 saturated carbocycles. The van der Waals surface area contributed by atoms with Crippen molar-refractivity contribution in [2.75, 3.05) is 19.4 Å². The lowest BCUT2D eigenvalue weighted by Gasteiger charge is -2.18. The van der Waals surface area contributed by atoms with Crippen molar-refractivity contribution in [2.45, 2.75) is 38.8 Å². The first kappa shape index (κ1) is 20.5. The second kappa shape index (κ2) is 9.71. The van der Waals surface area contributed by atoms with Crippen LogP contribution in [0.25, 0.3) is 0 Å². The van der Waals surface area contributed by atoms with Crippen molar-refractivity contribution in [2.24, 2.45) is 0 Å². The number of halogens is 1. The Morgan fingerprint density at radius 3 is 2.42 bits per heavy atom. The first-order chi connectivity index (χ1) is 11.2. The molecule has 1 rings (SSSR count). The molecule has 8 heteroatoms. The van der Waals surface area contributed by atoms with Crippen molar-refractivity contribution in [3.05, 3.63) is 35.6 Å². The Morgan fingerprint density at radius 1 is 1.25 bits per heavy atom. The second-order valence-corrected chi connectivity index (χ2v) is 7.60. The highest BCUT2D eigenvalue weighted by Gasteiger charge is 2.19. The third kappa shape index (κ3) is 8.95. The average Bonchev–Trinajstić information content (AvgIpc) is 2.45. The number of carbonyl (C=O) groups is 1. The third-order valence-corrected chi connectivity index (χ3v) is 3.83. The summed E-state index contributed by atoms with van der Waals surface area (Å²) < 4.78 is 43.8. The summed E-state index contributed by atoms with van der Waals surface area (Å²) in [6.45, 7) is 4.85. The fourth-order valence-corrected chi connectivity index (χ4v) is 2.79. The van der Waals surface area contributed by atoms with Gasteiger partial charge in [0.1, 0.15) is 5.82 Å². The third-order valence-electron chi connectivity index (χ3n) is 3.11. The van der Waals surface area contributed by atoms with Gasteiger partial charge >= 0.3 is 0 Å². The molecule has 1 aromatic rings. The Hall–Kier alpha value is -1.51. The standard InChI is InChI=1S/C16H25FN2O4S/c1-12(2)23-10-4-9-18-16(20)11-15(19-24(3,21)22)13-5-7-14(17)8-6-13/h5-8,12,15,19H,4,9-11H2,1-3H3,(H,18,20)/t15-/m1/s1. The van der Waals surface area contributed by atoms with Crippen LogP contribution in [0, 0.1) is 5.82 Å². The molecule has 6 nitrogen and oxygen atoms in total. The van der Waals surface area contributed by atoms with Crippen LogP contribution in [0.4, 0.5) is 4.39 Å². The highest BCUT2D eigenvalue weighted by molar-refractivity contribution is 7.88. The van der Waals surface area contributed by atoms with Gasteiger partial charge in [-0.1, -0.05) is 12.1 Å². The lowest BCUT2D eigenvalue weighted by Crippen LogP contribution is -2.33. The van der Waals surface area contributed by atoms with Gasteiger partial charge in [-0.25, -0.2) is 17.5 Å². The maximum absolute atomic E-state index is 13.0.